The number of carboxylic acid groups (broad SMARTS) is 1. The Morgan fingerprint density at radius 1 is 1.31 bits per heavy atom. The molecule has 0 bridgehead atoms. The summed E-state index contributed by atoms with van der Waals surface area (Å²) >= 11 is 2.19. The number of carbonyl (C=O) groups excluding carboxylic acids is 2. The van der Waals surface area contributed by atoms with Crippen LogP contribution in [-0.4, -0.2) is 57.8 Å². The second kappa shape index (κ2) is 9.67. The lowest BCUT2D eigenvalue weighted by Crippen LogP contribution is -2.53. The summed E-state index contributed by atoms with van der Waals surface area (Å²) in [5, 5.41) is 10.3. The number of aromatic nitrogens is 2. The topological polar surface area (TPSA) is 138 Å². The van der Waals surface area contributed by atoms with Crippen LogP contribution in [0.3, 0.4) is 0 Å². The molecule has 36 heavy (non-hydrogen) atoms. The number of rotatable bonds is 7. The number of sulfonamides is 1. The molecular formula is C20H16F3N4O6S3+. The van der Waals surface area contributed by atoms with Crippen LogP contribution in [0.5, 0.6) is 0 Å². The standard InChI is InChI=1S/C20H15F3N4O6S3/c21-20(22,23)36(32,33)25-17(29)18-24-13(10-35-18)11-3-6-26(7-4-11)5-1-2-12-9-34-15-8-14(28)27(15)16(12)19(30)31/h1-4,6-7,10,15H,5,8-9H2,(H-,25,29,30,31)/p+1/b2-1+/t15-/m1/s1. The maximum absolute atomic E-state index is 12.4. The summed E-state index contributed by atoms with van der Waals surface area (Å²) in [6, 6.07) is 3.28. The van der Waals surface area contributed by atoms with E-state index in [1.165, 1.54) is 22.0 Å². The van der Waals surface area contributed by atoms with E-state index in [0.717, 1.165) is 4.72 Å². The number of hydrogen-bond donors (Lipinski definition) is 2. The molecule has 10 nitrogen and oxygen atoms in total. The second-order valence-corrected chi connectivity index (χ2v) is 11.2. The van der Waals surface area contributed by atoms with E-state index >= 15 is 0 Å². The Kier molecular flexibility index (Phi) is 6.94. The van der Waals surface area contributed by atoms with Crippen molar-refractivity contribution in [3.63, 3.8) is 0 Å². The van der Waals surface area contributed by atoms with Gasteiger partial charge in [0.05, 0.1) is 17.5 Å². The van der Waals surface area contributed by atoms with Gasteiger partial charge in [-0.25, -0.2) is 19.1 Å². The van der Waals surface area contributed by atoms with Crippen LogP contribution in [0.1, 0.15) is 16.2 Å². The monoisotopic (exact) mass is 561 g/mol. The van der Waals surface area contributed by atoms with E-state index in [1.54, 1.807) is 41.2 Å². The Morgan fingerprint density at radius 3 is 2.61 bits per heavy atom. The van der Waals surface area contributed by atoms with Crippen molar-refractivity contribution in [1.82, 2.24) is 14.6 Å². The fourth-order valence-electron chi connectivity index (χ4n) is 3.37. The van der Waals surface area contributed by atoms with Gasteiger partial charge in [-0.3, -0.25) is 14.5 Å². The van der Waals surface area contributed by atoms with Gasteiger partial charge in [-0.15, -0.1) is 23.1 Å². The molecule has 2 aliphatic heterocycles. The number of amides is 2. The Hall–Kier alpha value is -3.24. The van der Waals surface area contributed by atoms with Gasteiger partial charge in [0.15, 0.2) is 23.9 Å². The van der Waals surface area contributed by atoms with E-state index in [0.29, 0.717) is 41.2 Å². The number of fused-ring (bicyclic) bond motifs is 1. The van der Waals surface area contributed by atoms with Gasteiger partial charge < -0.3 is 5.11 Å². The van der Waals surface area contributed by atoms with Crippen LogP contribution in [0, 0.1) is 0 Å². The van der Waals surface area contributed by atoms with E-state index in [4.69, 9.17) is 0 Å². The number of β-lactam (4-membered cyclic amide) rings is 1. The minimum atomic E-state index is -5.84. The van der Waals surface area contributed by atoms with Crippen molar-refractivity contribution in [2.45, 2.75) is 23.8 Å². The number of allylic oxidation sites excluding steroid dienone is 2. The van der Waals surface area contributed by atoms with E-state index in [9.17, 15) is 41.1 Å². The van der Waals surface area contributed by atoms with Crippen LogP contribution in [0.25, 0.3) is 11.3 Å². The molecule has 0 aromatic carbocycles. The number of alkyl halides is 3. The maximum atomic E-state index is 12.4. The Labute approximate surface area is 210 Å². The molecule has 0 saturated carbocycles. The average Bonchev–Trinajstić information content (AvgIpc) is 3.28. The number of aliphatic carboxylic acids is 1. The SMILES string of the molecule is O=C(O)C1=C(/C=C/C[n+]2ccc(-c3csc(C(=O)NS(=O)(=O)C(F)(F)F)n3)cc2)CS[C@@H]2CC(=O)N12. The fourth-order valence-corrected chi connectivity index (χ4v) is 5.85. The van der Waals surface area contributed by atoms with Gasteiger partial charge in [-0.05, 0) is 11.6 Å². The van der Waals surface area contributed by atoms with Gasteiger partial charge in [0, 0.05) is 28.8 Å². The molecule has 1 saturated heterocycles. The Morgan fingerprint density at radius 2 is 2.00 bits per heavy atom. The minimum absolute atomic E-state index is 0.00185. The Bertz CT molecular complexity index is 1400. The first kappa shape index (κ1) is 25.8. The lowest BCUT2D eigenvalue weighted by Gasteiger charge is -2.43. The molecule has 2 aliphatic rings. The number of thiazole rings is 1. The minimum Gasteiger partial charge on any atom is -0.477 e. The molecule has 4 rings (SSSR count). The highest BCUT2D eigenvalue weighted by Gasteiger charge is 2.47. The van der Waals surface area contributed by atoms with E-state index in [-0.39, 0.29) is 22.7 Å². The molecule has 2 aromatic rings. The summed E-state index contributed by atoms with van der Waals surface area (Å²) in [4.78, 5) is 40.5. The zero-order valence-corrected chi connectivity index (χ0v) is 20.4. The van der Waals surface area contributed by atoms with E-state index < -0.39 is 32.4 Å². The molecule has 2 N–H and O–H groups in total. The highest BCUT2D eigenvalue weighted by molar-refractivity contribution is 8.00. The highest BCUT2D eigenvalue weighted by Crippen LogP contribution is 2.40. The third-order valence-corrected chi connectivity index (χ3v) is 8.28. The summed E-state index contributed by atoms with van der Waals surface area (Å²) in [6.07, 6.45) is 7.08. The smallest absolute Gasteiger partial charge is 0.477 e. The fraction of sp³-hybridized carbons (Fsp3) is 0.250. The average molecular weight is 562 g/mol. The van der Waals surface area contributed by atoms with Crippen molar-refractivity contribution >= 4 is 50.9 Å². The summed E-state index contributed by atoms with van der Waals surface area (Å²) in [6.45, 7) is 0.374. The summed E-state index contributed by atoms with van der Waals surface area (Å²) in [7, 11) is -5.84. The molecule has 190 valence electrons. The second-order valence-electron chi connectivity index (χ2n) is 7.52. The van der Waals surface area contributed by atoms with Crippen molar-refractivity contribution in [3.05, 3.63) is 58.3 Å². The predicted octanol–water partition coefficient (Wildman–Crippen LogP) is 1.88. The third-order valence-electron chi connectivity index (χ3n) is 5.14. The molecule has 1 fully saturated rings. The molecule has 4 heterocycles. The molecule has 1 atom stereocenters. The van der Waals surface area contributed by atoms with Crippen molar-refractivity contribution in [1.29, 1.82) is 0 Å². The number of nitrogens with zero attached hydrogens (tertiary/aromatic N) is 3. The van der Waals surface area contributed by atoms with Gasteiger partial charge in [-0.2, -0.15) is 21.6 Å². The highest BCUT2D eigenvalue weighted by atomic mass is 32.2. The lowest BCUT2D eigenvalue weighted by molar-refractivity contribution is -0.686. The predicted molar refractivity (Wildman–Crippen MR) is 122 cm³/mol. The van der Waals surface area contributed by atoms with Crippen LogP contribution < -0.4 is 9.29 Å². The number of hydrogen-bond acceptors (Lipinski definition) is 8. The molecular weight excluding hydrogens is 545 g/mol. The number of carboxylic acids is 1. The largest absolute Gasteiger partial charge is 0.516 e. The first-order chi connectivity index (χ1) is 16.9. The third kappa shape index (κ3) is 5.15. The van der Waals surface area contributed by atoms with Crippen molar-refractivity contribution < 1.29 is 45.6 Å². The number of pyridine rings is 1. The normalized spacial score (nSPS) is 18.2. The summed E-state index contributed by atoms with van der Waals surface area (Å²) < 4.78 is 62.2. The number of nitrogens with one attached hydrogen (secondary N) is 1. The van der Waals surface area contributed by atoms with Gasteiger partial charge in [-0.1, -0.05) is 6.08 Å². The molecule has 0 radical (unpaired) electrons. The van der Waals surface area contributed by atoms with E-state index in [2.05, 4.69) is 4.98 Å². The lowest BCUT2D eigenvalue weighted by atomic mass is 10.1. The maximum Gasteiger partial charge on any atom is 0.516 e. The number of thioether (sulfide) groups is 1. The number of halogens is 3. The van der Waals surface area contributed by atoms with Crippen LogP contribution in [0.2, 0.25) is 0 Å². The van der Waals surface area contributed by atoms with Gasteiger partial charge in [0.2, 0.25) is 5.91 Å². The van der Waals surface area contributed by atoms with Crippen molar-refractivity contribution in [2.24, 2.45) is 0 Å². The quantitative estimate of drug-likeness (QED) is 0.386. The molecule has 0 unspecified atom stereocenters. The zero-order chi connectivity index (χ0) is 26.3. The van der Waals surface area contributed by atoms with Crippen molar-refractivity contribution in [2.75, 3.05) is 5.75 Å². The van der Waals surface area contributed by atoms with Crippen LogP contribution in [0.4, 0.5) is 13.2 Å². The summed E-state index contributed by atoms with van der Waals surface area (Å²) in [5.74, 6) is -2.38. The van der Waals surface area contributed by atoms with Gasteiger partial charge in [0.25, 0.3) is 5.91 Å². The molecule has 0 aliphatic carbocycles. The summed E-state index contributed by atoms with van der Waals surface area (Å²) in [5.41, 5.74) is -4.29. The van der Waals surface area contributed by atoms with E-state index in [1.807, 2.05) is 0 Å². The molecule has 0 spiro atoms. The van der Waals surface area contributed by atoms with Gasteiger partial charge >= 0.3 is 21.5 Å². The Balaban J connectivity index is 1.42. The molecule has 16 heteroatoms. The molecule has 2 aromatic heterocycles. The van der Waals surface area contributed by atoms with Gasteiger partial charge in [0.1, 0.15) is 5.70 Å². The van der Waals surface area contributed by atoms with Crippen LogP contribution in [-0.2, 0) is 26.2 Å². The first-order valence-corrected chi connectivity index (χ1v) is 13.4. The van der Waals surface area contributed by atoms with Crippen LogP contribution in [0.15, 0.2) is 53.3 Å². The van der Waals surface area contributed by atoms with Crippen LogP contribution >= 0.6 is 23.1 Å². The first-order valence-electron chi connectivity index (χ1n) is 10.0. The molecule has 2 amide bonds. The van der Waals surface area contributed by atoms with Crippen molar-refractivity contribution in [3.8, 4) is 11.3 Å². The number of carbonyl (C=O) groups is 3. The zero-order valence-electron chi connectivity index (χ0n) is 17.9.